The number of carbonyl (C=O) groups excluding carboxylic acids is 5. The van der Waals surface area contributed by atoms with E-state index in [4.69, 9.17) is 5.26 Å². The third kappa shape index (κ3) is 5.29. The minimum Gasteiger partial charge on any atom is -0.369 e. The van der Waals surface area contributed by atoms with E-state index in [1.54, 1.807) is 38.2 Å². The number of hydrogen-bond donors (Lipinski definition) is 2. The number of fused-ring (bicyclic) bond motifs is 1. The van der Waals surface area contributed by atoms with Gasteiger partial charge in [-0.1, -0.05) is 11.8 Å². The van der Waals surface area contributed by atoms with Crippen LogP contribution in [0.4, 0.5) is 15.8 Å². The van der Waals surface area contributed by atoms with Crippen molar-refractivity contribution in [3.8, 4) is 17.9 Å². The first-order chi connectivity index (χ1) is 21.5. The highest BCUT2D eigenvalue weighted by atomic mass is 19.1. The molecule has 1 aromatic heterocycles. The van der Waals surface area contributed by atoms with E-state index in [-0.39, 0.29) is 41.1 Å². The van der Waals surface area contributed by atoms with Crippen LogP contribution in [-0.4, -0.2) is 63.3 Å². The molecule has 4 heterocycles. The van der Waals surface area contributed by atoms with E-state index in [1.807, 2.05) is 11.0 Å². The predicted octanol–water partition coefficient (Wildman–Crippen LogP) is 2.16. The predicted molar refractivity (Wildman–Crippen MR) is 157 cm³/mol. The highest BCUT2D eigenvalue weighted by Gasteiger charge is 2.45. The molecule has 3 aromatic rings. The fourth-order valence-electron chi connectivity index (χ4n) is 5.38. The Morgan fingerprint density at radius 1 is 1.07 bits per heavy atom. The summed E-state index contributed by atoms with van der Waals surface area (Å²) < 4.78 is 15.7. The van der Waals surface area contributed by atoms with Gasteiger partial charge in [0.25, 0.3) is 17.7 Å². The molecular formula is C32H26FN7O5. The molecule has 1 unspecified atom stereocenters. The van der Waals surface area contributed by atoms with Crippen LogP contribution in [0.3, 0.4) is 0 Å². The first-order valence-corrected chi connectivity index (χ1v) is 14.1. The Labute approximate surface area is 256 Å². The Balaban J connectivity index is 1.07. The molecule has 2 fully saturated rings. The lowest BCUT2D eigenvalue weighted by Crippen LogP contribution is -2.54. The quantitative estimate of drug-likeness (QED) is 0.330. The standard InChI is InChI=1S/C32H26FN7O5/c1-32(2,31(45)36-25-8-5-18(13-34)11-24(25)33)39-17-19(14-35-39)3-4-20-15-38(16-20)21-6-7-22-23(12-21)30(44)40(29(22)43)26-9-10-27(41)37-28(26)42/h5-8,11-12,14,17,20,26H,9-10,15-16H2,1-2H3,(H,36,45)(H,37,41,42). The number of piperidine rings is 1. The van der Waals surface area contributed by atoms with Crippen molar-refractivity contribution < 1.29 is 28.4 Å². The molecule has 13 heteroatoms. The maximum atomic E-state index is 14.3. The number of carbonyl (C=O) groups is 5. The second-order valence-electron chi connectivity index (χ2n) is 11.5. The number of rotatable bonds is 5. The number of halogens is 1. The molecule has 2 aromatic carbocycles. The monoisotopic (exact) mass is 607 g/mol. The van der Waals surface area contributed by atoms with E-state index in [9.17, 15) is 28.4 Å². The van der Waals surface area contributed by atoms with Gasteiger partial charge in [0, 0.05) is 31.4 Å². The van der Waals surface area contributed by atoms with Crippen LogP contribution in [0.15, 0.2) is 48.8 Å². The van der Waals surface area contributed by atoms with Crippen molar-refractivity contribution in [1.29, 1.82) is 5.26 Å². The van der Waals surface area contributed by atoms with Crippen LogP contribution in [0.1, 0.15) is 58.5 Å². The van der Waals surface area contributed by atoms with Gasteiger partial charge in [-0.3, -0.25) is 38.9 Å². The zero-order valence-corrected chi connectivity index (χ0v) is 24.3. The molecule has 5 amide bonds. The zero-order valence-electron chi connectivity index (χ0n) is 24.3. The molecule has 1 atom stereocenters. The van der Waals surface area contributed by atoms with E-state index in [0.29, 0.717) is 18.7 Å². The van der Waals surface area contributed by atoms with Crippen molar-refractivity contribution in [2.75, 3.05) is 23.3 Å². The summed E-state index contributed by atoms with van der Waals surface area (Å²) in [5, 5.41) is 17.9. The number of aromatic nitrogens is 2. The summed E-state index contributed by atoms with van der Waals surface area (Å²) in [7, 11) is 0. The smallest absolute Gasteiger partial charge is 0.262 e. The molecule has 226 valence electrons. The first-order valence-electron chi connectivity index (χ1n) is 14.1. The van der Waals surface area contributed by atoms with Crippen molar-refractivity contribution in [2.24, 2.45) is 5.92 Å². The number of amides is 5. The van der Waals surface area contributed by atoms with Gasteiger partial charge < -0.3 is 10.2 Å². The number of nitrogens with one attached hydrogen (secondary N) is 2. The number of benzene rings is 2. The van der Waals surface area contributed by atoms with Crippen molar-refractivity contribution in [3.05, 3.63) is 76.9 Å². The lowest BCUT2D eigenvalue weighted by atomic mass is 9.98. The third-order valence-electron chi connectivity index (χ3n) is 8.15. The SMILES string of the molecule is CC(C)(C(=O)Nc1ccc(C#N)cc1F)n1cc(C#CC2CN(c3ccc4c(c3)C(=O)N(C3CCC(=O)NC3=O)C4=O)C2)cn1. The summed E-state index contributed by atoms with van der Waals surface area (Å²) in [5.74, 6) is 2.89. The van der Waals surface area contributed by atoms with Gasteiger partial charge >= 0.3 is 0 Å². The molecule has 3 aliphatic rings. The molecule has 0 spiro atoms. The van der Waals surface area contributed by atoms with Crippen LogP contribution in [0.2, 0.25) is 0 Å². The topological polar surface area (TPSA) is 158 Å². The highest BCUT2D eigenvalue weighted by molar-refractivity contribution is 6.23. The molecule has 0 bridgehead atoms. The Bertz CT molecular complexity index is 1910. The van der Waals surface area contributed by atoms with Crippen LogP contribution < -0.4 is 15.5 Å². The Hall–Kier alpha value is -5.82. The van der Waals surface area contributed by atoms with Crippen molar-refractivity contribution in [2.45, 2.75) is 38.3 Å². The van der Waals surface area contributed by atoms with Crippen molar-refractivity contribution in [1.82, 2.24) is 20.0 Å². The molecule has 0 aliphatic carbocycles. The summed E-state index contributed by atoms with van der Waals surface area (Å²) in [5.41, 5.74) is 0.713. The van der Waals surface area contributed by atoms with Gasteiger partial charge in [-0.05, 0) is 56.7 Å². The second kappa shape index (κ2) is 11.0. The van der Waals surface area contributed by atoms with Gasteiger partial charge in [0.1, 0.15) is 17.4 Å². The molecule has 45 heavy (non-hydrogen) atoms. The van der Waals surface area contributed by atoms with Gasteiger partial charge in [-0.15, -0.1) is 0 Å². The molecule has 2 N–H and O–H groups in total. The molecule has 6 rings (SSSR count). The average molecular weight is 608 g/mol. The minimum absolute atomic E-state index is 0.0228. The molecule has 2 saturated heterocycles. The molecule has 0 saturated carbocycles. The fraction of sp³-hybridized carbons (Fsp3) is 0.281. The Morgan fingerprint density at radius 3 is 2.53 bits per heavy atom. The summed E-state index contributed by atoms with van der Waals surface area (Å²) in [6, 6.07) is 9.60. The van der Waals surface area contributed by atoms with Gasteiger partial charge in [0.05, 0.1) is 46.1 Å². The summed E-state index contributed by atoms with van der Waals surface area (Å²) in [6.07, 6.45) is 3.32. The van der Waals surface area contributed by atoms with E-state index in [2.05, 4.69) is 27.6 Å². The van der Waals surface area contributed by atoms with Gasteiger partial charge in [-0.2, -0.15) is 10.4 Å². The number of nitriles is 1. The van der Waals surface area contributed by atoms with Crippen molar-refractivity contribution >= 4 is 40.9 Å². The Kier molecular flexibility index (Phi) is 7.17. The van der Waals surface area contributed by atoms with Crippen LogP contribution >= 0.6 is 0 Å². The molecular weight excluding hydrogens is 581 g/mol. The second-order valence-corrected chi connectivity index (χ2v) is 11.5. The summed E-state index contributed by atoms with van der Waals surface area (Å²) in [6.45, 7) is 4.44. The lowest BCUT2D eigenvalue weighted by Gasteiger charge is -2.38. The normalized spacial score (nSPS) is 18.0. The highest BCUT2D eigenvalue weighted by Crippen LogP contribution is 2.33. The Morgan fingerprint density at radius 2 is 1.82 bits per heavy atom. The molecule has 0 radical (unpaired) electrons. The van der Waals surface area contributed by atoms with Gasteiger partial charge in [0.15, 0.2) is 0 Å². The van der Waals surface area contributed by atoms with E-state index in [1.165, 1.54) is 23.0 Å². The van der Waals surface area contributed by atoms with E-state index in [0.717, 1.165) is 16.7 Å². The minimum atomic E-state index is -1.17. The molecule has 12 nitrogen and oxygen atoms in total. The maximum absolute atomic E-state index is 14.3. The fourth-order valence-corrected chi connectivity index (χ4v) is 5.38. The maximum Gasteiger partial charge on any atom is 0.262 e. The van der Waals surface area contributed by atoms with Gasteiger partial charge in [0.2, 0.25) is 11.8 Å². The number of imide groups is 2. The summed E-state index contributed by atoms with van der Waals surface area (Å²) >= 11 is 0. The van der Waals surface area contributed by atoms with E-state index < -0.39 is 46.9 Å². The molecule has 3 aliphatic heterocycles. The van der Waals surface area contributed by atoms with Crippen molar-refractivity contribution in [3.63, 3.8) is 0 Å². The number of hydrogen-bond acceptors (Lipinski definition) is 8. The number of anilines is 2. The third-order valence-corrected chi connectivity index (χ3v) is 8.15. The lowest BCUT2D eigenvalue weighted by molar-refractivity contribution is -0.136. The van der Waals surface area contributed by atoms with Crippen LogP contribution in [0.25, 0.3) is 0 Å². The van der Waals surface area contributed by atoms with E-state index >= 15 is 0 Å². The largest absolute Gasteiger partial charge is 0.369 e. The van der Waals surface area contributed by atoms with Crippen LogP contribution in [0.5, 0.6) is 0 Å². The average Bonchev–Trinajstić information content (AvgIpc) is 3.56. The zero-order chi connectivity index (χ0) is 32.0. The summed E-state index contributed by atoms with van der Waals surface area (Å²) in [4.78, 5) is 65.8. The number of nitrogens with zero attached hydrogens (tertiary/aromatic N) is 5. The first kappa shape index (κ1) is 29.3. The van der Waals surface area contributed by atoms with Crippen LogP contribution in [-0.2, 0) is 19.9 Å². The van der Waals surface area contributed by atoms with Crippen LogP contribution in [0, 0.1) is 34.9 Å². The van der Waals surface area contributed by atoms with Gasteiger partial charge in [-0.25, -0.2) is 4.39 Å².